The Kier molecular flexibility index (Phi) is 2.58. The van der Waals surface area contributed by atoms with Crippen LogP contribution in [0.1, 0.15) is 0 Å². The van der Waals surface area contributed by atoms with Crippen molar-refractivity contribution in [1.29, 1.82) is 0 Å². The third-order valence-electron chi connectivity index (χ3n) is 1.07. The largest absolute Gasteiger partial charge is 0.255 e. The summed E-state index contributed by atoms with van der Waals surface area (Å²) < 4.78 is 21.4. The Hall–Kier alpha value is -0.360. The molecule has 1 aromatic heterocycles. The summed E-state index contributed by atoms with van der Waals surface area (Å²) in [6.45, 7) is 0. The normalized spacial score (nSPS) is 11.6. The van der Waals surface area contributed by atoms with E-state index in [-0.39, 0.29) is 15.2 Å². The summed E-state index contributed by atoms with van der Waals surface area (Å²) in [7, 11) is -3.80. The molecule has 0 aliphatic rings. The first-order valence-electron chi connectivity index (χ1n) is 2.76. The fraction of sp³-hybridized carbons (Fsp3) is 0. The topological polar surface area (TPSA) is 73.1 Å². The van der Waals surface area contributed by atoms with Crippen molar-refractivity contribution in [3.63, 3.8) is 0 Å². The molecule has 0 radical (unpaired) electrons. The van der Waals surface area contributed by atoms with Crippen LogP contribution in [-0.4, -0.2) is 13.4 Å². The highest BCUT2D eigenvalue weighted by Gasteiger charge is 2.10. The number of halogens is 2. The summed E-state index contributed by atoms with van der Waals surface area (Å²) in [4.78, 5) is 3.46. The first kappa shape index (κ1) is 9.73. The first-order chi connectivity index (χ1) is 5.41. The molecule has 0 amide bonds. The lowest BCUT2D eigenvalue weighted by atomic mass is 10.5. The summed E-state index contributed by atoms with van der Waals surface area (Å²) in [6, 6.07) is 2.50. The third kappa shape index (κ3) is 2.07. The quantitative estimate of drug-likeness (QED) is 0.728. The van der Waals surface area contributed by atoms with Crippen molar-refractivity contribution in [1.82, 2.24) is 4.98 Å². The van der Waals surface area contributed by atoms with Crippen LogP contribution in [0.3, 0.4) is 0 Å². The fourth-order valence-electron chi connectivity index (χ4n) is 0.559. The number of sulfonamides is 1. The fourth-order valence-corrected chi connectivity index (χ4v) is 1.34. The van der Waals surface area contributed by atoms with Gasteiger partial charge in [0.1, 0.15) is 5.15 Å². The Labute approximate surface area is 79.4 Å². The molecule has 7 heteroatoms. The summed E-state index contributed by atoms with van der Waals surface area (Å²) >= 11 is 11.0. The number of nitrogens with two attached hydrogens (primary N) is 1. The minimum absolute atomic E-state index is 0.0804. The van der Waals surface area contributed by atoms with Gasteiger partial charge in [-0.2, -0.15) is 0 Å². The van der Waals surface area contributed by atoms with Crippen LogP contribution in [0.5, 0.6) is 0 Å². The van der Waals surface area contributed by atoms with Crippen LogP contribution < -0.4 is 5.14 Å². The van der Waals surface area contributed by atoms with E-state index < -0.39 is 10.0 Å². The number of pyridine rings is 1. The molecular weight excluding hydrogens is 223 g/mol. The SMILES string of the molecule is NS(=O)(=O)c1ccc(Cl)c(Cl)n1. The molecule has 1 heterocycles. The molecule has 4 nitrogen and oxygen atoms in total. The van der Waals surface area contributed by atoms with E-state index in [1.165, 1.54) is 12.1 Å². The molecular formula is C5H4Cl2N2O2S. The smallest absolute Gasteiger partial charge is 0.223 e. The Morgan fingerprint density at radius 2 is 1.92 bits per heavy atom. The van der Waals surface area contributed by atoms with E-state index in [4.69, 9.17) is 28.3 Å². The number of nitrogens with zero attached hydrogens (tertiary/aromatic N) is 1. The molecule has 0 atom stereocenters. The molecule has 0 bridgehead atoms. The highest BCUT2D eigenvalue weighted by Crippen LogP contribution is 2.20. The molecule has 1 rings (SSSR count). The lowest BCUT2D eigenvalue weighted by Crippen LogP contribution is -2.13. The zero-order valence-corrected chi connectivity index (χ0v) is 7.99. The summed E-state index contributed by atoms with van der Waals surface area (Å²) in [5, 5.41) is 4.59. The van der Waals surface area contributed by atoms with E-state index in [0.29, 0.717) is 0 Å². The second kappa shape index (κ2) is 3.18. The molecule has 12 heavy (non-hydrogen) atoms. The van der Waals surface area contributed by atoms with Crippen LogP contribution in [-0.2, 0) is 10.0 Å². The zero-order valence-electron chi connectivity index (χ0n) is 5.66. The van der Waals surface area contributed by atoms with Gasteiger partial charge in [-0.25, -0.2) is 18.5 Å². The molecule has 2 N–H and O–H groups in total. The molecule has 0 aliphatic heterocycles. The van der Waals surface area contributed by atoms with Crippen LogP contribution in [0.4, 0.5) is 0 Å². The van der Waals surface area contributed by atoms with Gasteiger partial charge in [0, 0.05) is 0 Å². The molecule has 0 unspecified atom stereocenters. The average Bonchev–Trinajstić information content (AvgIpc) is 1.92. The number of hydrogen-bond donors (Lipinski definition) is 1. The minimum Gasteiger partial charge on any atom is -0.223 e. The Morgan fingerprint density at radius 1 is 1.33 bits per heavy atom. The van der Waals surface area contributed by atoms with Gasteiger partial charge in [-0.05, 0) is 12.1 Å². The molecule has 0 aromatic carbocycles. The standard InChI is InChI=1S/C5H4Cl2N2O2S/c6-3-1-2-4(9-5(3)7)12(8,10)11/h1-2H,(H2,8,10,11). The maximum absolute atomic E-state index is 10.7. The monoisotopic (exact) mass is 226 g/mol. The molecule has 0 saturated carbocycles. The lowest BCUT2D eigenvalue weighted by Gasteiger charge is -1.98. The molecule has 0 fully saturated rings. The molecule has 0 aliphatic carbocycles. The predicted molar refractivity (Wildman–Crippen MR) is 45.6 cm³/mol. The van der Waals surface area contributed by atoms with Gasteiger partial charge in [0.05, 0.1) is 5.02 Å². The van der Waals surface area contributed by atoms with Crippen molar-refractivity contribution < 1.29 is 8.42 Å². The van der Waals surface area contributed by atoms with Crippen molar-refractivity contribution in [3.05, 3.63) is 22.3 Å². The second-order valence-corrected chi connectivity index (χ2v) is 4.24. The molecule has 0 spiro atoms. The van der Waals surface area contributed by atoms with Gasteiger partial charge in [0.25, 0.3) is 10.0 Å². The minimum atomic E-state index is -3.80. The van der Waals surface area contributed by atoms with Crippen LogP contribution in [0.15, 0.2) is 17.2 Å². The van der Waals surface area contributed by atoms with Gasteiger partial charge in [-0.3, -0.25) is 0 Å². The van der Waals surface area contributed by atoms with E-state index in [0.717, 1.165) is 0 Å². The Balaban J connectivity index is 3.33. The van der Waals surface area contributed by atoms with Crippen LogP contribution in [0.25, 0.3) is 0 Å². The summed E-state index contributed by atoms with van der Waals surface area (Å²) in [5.41, 5.74) is 0. The molecule has 1 aromatic rings. The van der Waals surface area contributed by atoms with E-state index in [1.807, 2.05) is 0 Å². The highest BCUT2D eigenvalue weighted by molar-refractivity contribution is 7.89. The van der Waals surface area contributed by atoms with E-state index in [2.05, 4.69) is 4.98 Å². The van der Waals surface area contributed by atoms with Crippen molar-refractivity contribution in [2.75, 3.05) is 0 Å². The lowest BCUT2D eigenvalue weighted by molar-refractivity contribution is 0.594. The number of primary sulfonamides is 1. The number of hydrogen-bond acceptors (Lipinski definition) is 3. The van der Waals surface area contributed by atoms with E-state index >= 15 is 0 Å². The summed E-state index contributed by atoms with van der Waals surface area (Å²) in [5.74, 6) is 0. The maximum Gasteiger partial charge on any atom is 0.255 e. The summed E-state index contributed by atoms with van der Waals surface area (Å²) in [6.07, 6.45) is 0. The van der Waals surface area contributed by atoms with Crippen molar-refractivity contribution in [2.24, 2.45) is 5.14 Å². The Morgan fingerprint density at radius 3 is 2.33 bits per heavy atom. The van der Waals surface area contributed by atoms with Gasteiger partial charge >= 0.3 is 0 Å². The van der Waals surface area contributed by atoms with E-state index in [9.17, 15) is 8.42 Å². The third-order valence-corrected chi connectivity index (χ3v) is 2.57. The first-order valence-corrected chi connectivity index (χ1v) is 5.06. The van der Waals surface area contributed by atoms with Gasteiger partial charge in [-0.15, -0.1) is 0 Å². The zero-order chi connectivity index (χ0) is 9.35. The highest BCUT2D eigenvalue weighted by atomic mass is 35.5. The number of rotatable bonds is 1. The maximum atomic E-state index is 10.7. The predicted octanol–water partition coefficient (Wildman–Crippen LogP) is 1.04. The van der Waals surface area contributed by atoms with Gasteiger partial charge in [0.2, 0.25) is 0 Å². The van der Waals surface area contributed by atoms with Crippen molar-refractivity contribution >= 4 is 33.2 Å². The van der Waals surface area contributed by atoms with Gasteiger partial charge in [0.15, 0.2) is 5.03 Å². The van der Waals surface area contributed by atoms with Crippen LogP contribution >= 0.6 is 23.2 Å². The van der Waals surface area contributed by atoms with Crippen molar-refractivity contribution in [3.8, 4) is 0 Å². The molecule has 66 valence electrons. The number of aromatic nitrogens is 1. The van der Waals surface area contributed by atoms with Gasteiger partial charge in [-0.1, -0.05) is 23.2 Å². The molecule has 0 saturated heterocycles. The van der Waals surface area contributed by atoms with E-state index in [1.54, 1.807) is 0 Å². The van der Waals surface area contributed by atoms with Crippen molar-refractivity contribution in [2.45, 2.75) is 5.03 Å². The average molecular weight is 227 g/mol. The van der Waals surface area contributed by atoms with Crippen LogP contribution in [0, 0.1) is 0 Å². The second-order valence-electron chi connectivity index (χ2n) is 1.97. The van der Waals surface area contributed by atoms with Gasteiger partial charge < -0.3 is 0 Å². The van der Waals surface area contributed by atoms with Crippen LogP contribution in [0.2, 0.25) is 10.2 Å². The Bertz CT molecular complexity index is 404.